The molecule has 0 atom stereocenters. The van der Waals surface area contributed by atoms with E-state index >= 15 is 8.78 Å². The van der Waals surface area contributed by atoms with Crippen LogP contribution in [0.25, 0.3) is 0 Å². The smallest absolute Gasteiger partial charge is 0.410 e. The lowest BCUT2D eigenvalue weighted by Crippen LogP contribution is -2.66. The van der Waals surface area contributed by atoms with Gasteiger partial charge >= 0.3 is 6.09 Å². The molecule has 42 heavy (non-hydrogen) atoms. The first-order chi connectivity index (χ1) is 19.6. The number of nitrogens with one attached hydrogen (secondary N) is 1. The van der Waals surface area contributed by atoms with Crippen molar-refractivity contribution >= 4 is 24.8 Å². The third kappa shape index (κ3) is 6.84. The Morgan fingerprint density at radius 1 is 1.00 bits per heavy atom. The molecular weight excluding hydrogens is 552 g/mol. The van der Waals surface area contributed by atoms with Crippen molar-refractivity contribution in [2.24, 2.45) is 0 Å². The number of halogens is 2. The largest absolute Gasteiger partial charge is 0.444 e. The predicted molar refractivity (Wildman–Crippen MR) is 165 cm³/mol. The zero-order valence-electron chi connectivity index (χ0n) is 25.6. The number of alkyl halides is 2. The molecule has 0 spiro atoms. The molecule has 9 heteroatoms. The Morgan fingerprint density at radius 2 is 1.57 bits per heavy atom. The maximum absolute atomic E-state index is 15.7. The van der Waals surface area contributed by atoms with E-state index in [0.717, 1.165) is 10.4 Å². The van der Waals surface area contributed by atoms with E-state index in [-0.39, 0.29) is 30.3 Å². The Bertz CT molecular complexity index is 1340. The molecule has 0 radical (unpaired) electrons. The Balaban J connectivity index is 1.48. The lowest BCUT2D eigenvalue weighted by molar-refractivity contribution is -0.0199. The Hall–Kier alpha value is -3.30. The minimum atomic E-state index is -3.18. The maximum atomic E-state index is 15.7. The zero-order chi connectivity index (χ0) is 30.8. The van der Waals surface area contributed by atoms with Crippen molar-refractivity contribution in [3.05, 3.63) is 89.8 Å². The number of rotatable bonds is 9. The van der Waals surface area contributed by atoms with Gasteiger partial charge in [-0.2, -0.15) is 13.9 Å². The van der Waals surface area contributed by atoms with Crippen molar-refractivity contribution in [3.8, 4) is 0 Å². The highest BCUT2D eigenvalue weighted by atomic mass is 28.4. The highest BCUT2D eigenvalue weighted by Crippen LogP contribution is 2.39. The first-order valence-electron chi connectivity index (χ1n) is 14.5. The average molecular weight is 596 g/mol. The molecule has 0 bridgehead atoms. The van der Waals surface area contributed by atoms with Gasteiger partial charge in [-0.05, 0) is 42.6 Å². The molecule has 1 aromatic heterocycles. The van der Waals surface area contributed by atoms with Gasteiger partial charge in [-0.15, -0.1) is 0 Å². The van der Waals surface area contributed by atoms with Crippen LogP contribution in [0.3, 0.4) is 0 Å². The number of carbonyl (C=O) groups excluding carboxylic acids is 1. The summed E-state index contributed by atoms with van der Waals surface area (Å²) in [4.78, 5) is 14.1. The third-order valence-electron chi connectivity index (χ3n) is 7.64. The van der Waals surface area contributed by atoms with Crippen LogP contribution in [0.15, 0.2) is 72.8 Å². The number of hydrogen-bond donors (Lipinski definition) is 1. The number of benzene rings is 2. The molecule has 1 aliphatic rings. The number of nitrogens with zero attached hydrogens (tertiary/aromatic N) is 2. The minimum Gasteiger partial charge on any atom is -0.444 e. The first-order valence-corrected chi connectivity index (χ1v) is 16.4. The van der Waals surface area contributed by atoms with Gasteiger partial charge < -0.3 is 14.1 Å². The number of fused-ring (bicyclic) bond motifs is 1. The maximum Gasteiger partial charge on any atom is 0.410 e. The molecule has 2 aromatic carbocycles. The normalized spacial score (nSPS) is 14.4. The summed E-state index contributed by atoms with van der Waals surface area (Å²) in [6, 6.07) is 20.4. The van der Waals surface area contributed by atoms with E-state index in [4.69, 9.17) is 9.16 Å². The van der Waals surface area contributed by atoms with Gasteiger partial charge in [0.15, 0.2) is 0 Å². The second-order valence-electron chi connectivity index (χ2n) is 13.1. The summed E-state index contributed by atoms with van der Waals surface area (Å²) in [5.41, 5.74) is 0.625. The summed E-state index contributed by atoms with van der Waals surface area (Å²) in [7, 11) is -2.81. The van der Waals surface area contributed by atoms with Crippen LogP contribution >= 0.6 is 0 Å². The van der Waals surface area contributed by atoms with Crippen LogP contribution in [0.5, 0.6) is 0 Å². The summed E-state index contributed by atoms with van der Waals surface area (Å²) in [6.45, 7) is 16.6. The quantitative estimate of drug-likeness (QED) is 0.221. The van der Waals surface area contributed by atoms with Crippen LogP contribution < -0.4 is 10.4 Å². The fourth-order valence-corrected chi connectivity index (χ4v) is 10.2. The van der Waals surface area contributed by atoms with E-state index in [9.17, 15) is 4.79 Å². The molecule has 0 unspecified atom stereocenters. The number of hydrogen-bond acceptors (Lipinski definition) is 4. The van der Waals surface area contributed by atoms with Crippen molar-refractivity contribution in [3.63, 3.8) is 0 Å². The summed E-state index contributed by atoms with van der Waals surface area (Å²) in [5, 5.41) is 8.75. The molecule has 0 saturated carbocycles. The monoisotopic (exact) mass is 595 g/mol. The van der Waals surface area contributed by atoms with Crippen molar-refractivity contribution < 1.29 is 22.7 Å². The fraction of sp³-hybridized carbons (Fsp3) is 0.455. The van der Waals surface area contributed by atoms with Gasteiger partial charge in [0.05, 0.1) is 18.8 Å². The number of H-pyrrole nitrogens is 1. The van der Waals surface area contributed by atoms with E-state index in [1.165, 1.54) is 4.90 Å². The van der Waals surface area contributed by atoms with Gasteiger partial charge in [0, 0.05) is 24.9 Å². The van der Waals surface area contributed by atoms with Gasteiger partial charge in [0.1, 0.15) is 11.3 Å². The molecule has 226 valence electrons. The van der Waals surface area contributed by atoms with E-state index in [0.29, 0.717) is 29.8 Å². The summed E-state index contributed by atoms with van der Waals surface area (Å²) in [6.07, 6.45) is -0.496. The van der Waals surface area contributed by atoms with E-state index in [2.05, 4.69) is 61.8 Å². The van der Waals surface area contributed by atoms with Crippen LogP contribution in [0.4, 0.5) is 13.6 Å². The Labute approximate surface area is 249 Å². The molecular formula is C33H43F2N3O3Si. The highest BCUT2D eigenvalue weighted by molar-refractivity contribution is 6.99. The number of ether oxygens (including phenoxy) is 1. The van der Waals surface area contributed by atoms with Crippen LogP contribution in [0, 0.1) is 0 Å². The Morgan fingerprint density at radius 3 is 2.10 bits per heavy atom. The number of aromatic amines is 1. The van der Waals surface area contributed by atoms with E-state index < -0.39 is 32.4 Å². The van der Waals surface area contributed by atoms with Crippen molar-refractivity contribution in [2.75, 3.05) is 13.2 Å². The molecule has 3 aromatic rings. The van der Waals surface area contributed by atoms with E-state index in [1.807, 2.05) is 36.4 Å². The predicted octanol–water partition coefficient (Wildman–Crippen LogP) is 6.71. The van der Waals surface area contributed by atoms with Crippen LogP contribution in [0.2, 0.25) is 5.04 Å². The number of aromatic nitrogens is 2. The molecule has 0 saturated heterocycles. The highest BCUT2D eigenvalue weighted by Gasteiger charge is 2.50. The van der Waals surface area contributed by atoms with Crippen molar-refractivity contribution in [1.82, 2.24) is 15.1 Å². The molecule has 0 aliphatic carbocycles. The van der Waals surface area contributed by atoms with Gasteiger partial charge in [-0.1, -0.05) is 93.6 Å². The zero-order valence-corrected chi connectivity index (χ0v) is 26.6. The summed E-state index contributed by atoms with van der Waals surface area (Å²) in [5.74, 6) is -3.18. The van der Waals surface area contributed by atoms with Gasteiger partial charge in [-0.3, -0.25) is 5.10 Å². The summed E-state index contributed by atoms with van der Waals surface area (Å²) < 4.78 is 43.6. The molecule has 1 amide bonds. The molecule has 2 heterocycles. The standard InChI is InChI=1S/C33H43F2N3O3Si/c1-24(23-40-42(32(5,6)7,25-14-10-8-11-15-25)26-16-12-9-13-17-26)18-20-33(34,35)29-27-22-38(21-19-28(27)36-37-29)30(39)41-31(2,3)4/h8-17H,1,18-23H2,2-7H3,(H,36,37). The third-order valence-corrected chi connectivity index (χ3v) is 12.6. The number of carbonyl (C=O) groups is 1. The van der Waals surface area contributed by atoms with Crippen LogP contribution in [-0.2, 0) is 28.1 Å². The molecule has 0 fully saturated rings. The number of amides is 1. The van der Waals surface area contributed by atoms with Gasteiger partial charge in [0.2, 0.25) is 0 Å². The fourth-order valence-electron chi connectivity index (χ4n) is 5.58. The van der Waals surface area contributed by atoms with Gasteiger partial charge in [0.25, 0.3) is 14.2 Å². The van der Waals surface area contributed by atoms with Crippen LogP contribution in [-0.4, -0.2) is 48.3 Å². The molecule has 1 aliphatic heterocycles. The second kappa shape index (κ2) is 12.1. The molecule has 6 nitrogen and oxygen atoms in total. The average Bonchev–Trinajstić information content (AvgIpc) is 3.36. The topological polar surface area (TPSA) is 67.5 Å². The summed E-state index contributed by atoms with van der Waals surface area (Å²) >= 11 is 0. The van der Waals surface area contributed by atoms with Crippen molar-refractivity contribution in [2.45, 2.75) is 83.9 Å². The first kappa shape index (κ1) is 31.6. The lowest BCUT2D eigenvalue weighted by atomic mass is 9.98. The lowest BCUT2D eigenvalue weighted by Gasteiger charge is -2.43. The van der Waals surface area contributed by atoms with Gasteiger partial charge in [-0.25, -0.2) is 4.79 Å². The second-order valence-corrected chi connectivity index (χ2v) is 17.4. The molecule has 1 N–H and O–H groups in total. The minimum absolute atomic E-state index is 0.0313. The SMILES string of the molecule is C=C(CCC(F)(F)c1[nH]nc2c1CN(C(=O)OC(C)(C)C)CC2)CO[Si](c1ccccc1)(c1ccccc1)C(C)(C)C. The van der Waals surface area contributed by atoms with E-state index in [1.54, 1.807) is 20.8 Å². The molecule has 4 rings (SSSR count). The van der Waals surface area contributed by atoms with Crippen LogP contribution in [0.1, 0.15) is 71.3 Å². The Kier molecular flexibility index (Phi) is 9.13. The van der Waals surface area contributed by atoms with Crippen molar-refractivity contribution in [1.29, 1.82) is 0 Å².